The van der Waals surface area contributed by atoms with E-state index in [-0.39, 0.29) is 25.0 Å². The first-order valence-corrected chi connectivity index (χ1v) is 8.01. The van der Waals surface area contributed by atoms with Crippen LogP contribution in [-0.2, 0) is 16.1 Å². The first kappa shape index (κ1) is 18.3. The molecule has 0 saturated carbocycles. The average Bonchev–Trinajstić information content (AvgIpc) is 3.14. The molecule has 7 nitrogen and oxygen atoms in total. The van der Waals surface area contributed by atoms with E-state index in [1.54, 1.807) is 12.1 Å². The lowest BCUT2D eigenvalue weighted by Crippen LogP contribution is -2.12. The van der Waals surface area contributed by atoms with Crippen LogP contribution >= 0.6 is 0 Å². The highest BCUT2D eigenvalue weighted by atomic mass is 19.1. The molecule has 3 aromatic rings. The van der Waals surface area contributed by atoms with Gasteiger partial charge in [-0.2, -0.15) is 4.68 Å². The zero-order valence-corrected chi connectivity index (χ0v) is 14.0. The molecule has 0 N–H and O–H groups in total. The van der Waals surface area contributed by atoms with Gasteiger partial charge in [0, 0.05) is 12.5 Å². The van der Waals surface area contributed by atoms with Crippen molar-refractivity contribution in [1.29, 1.82) is 0 Å². The Bertz CT molecular complexity index is 960. The Morgan fingerprint density at radius 1 is 1.04 bits per heavy atom. The molecule has 27 heavy (non-hydrogen) atoms. The minimum atomic E-state index is -0.963. The summed E-state index contributed by atoms with van der Waals surface area (Å²) in [7, 11) is 0. The molecule has 0 aliphatic carbocycles. The molecule has 0 aliphatic rings. The van der Waals surface area contributed by atoms with E-state index in [4.69, 9.17) is 4.74 Å². The smallest absolute Gasteiger partial charge is 0.306 e. The molecule has 0 saturated heterocycles. The monoisotopic (exact) mass is 372 g/mol. The molecule has 0 aliphatic heterocycles. The van der Waals surface area contributed by atoms with Crippen molar-refractivity contribution in [3.63, 3.8) is 0 Å². The third kappa shape index (κ3) is 4.57. The highest BCUT2D eigenvalue weighted by molar-refractivity contribution is 5.97. The van der Waals surface area contributed by atoms with Crippen LogP contribution in [0.3, 0.4) is 0 Å². The molecule has 0 amide bonds. The van der Waals surface area contributed by atoms with Gasteiger partial charge in [-0.05, 0) is 34.7 Å². The number of tetrazole rings is 1. The second-order valence-electron chi connectivity index (χ2n) is 5.55. The third-order valence-electron chi connectivity index (χ3n) is 3.68. The summed E-state index contributed by atoms with van der Waals surface area (Å²) in [6.07, 6.45) is -0.506. The van der Waals surface area contributed by atoms with Crippen LogP contribution in [0.2, 0.25) is 0 Å². The molecule has 0 radical (unpaired) electrons. The summed E-state index contributed by atoms with van der Waals surface area (Å²) in [5.41, 5.74) is 0.438. The van der Waals surface area contributed by atoms with Crippen LogP contribution in [0.4, 0.5) is 8.78 Å². The van der Waals surface area contributed by atoms with Crippen LogP contribution in [0.1, 0.15) is 29.0 Å². The van der Waals surface area contributed by atoms with Crippen LogP contribution < -0.4 is 0 Å². The maximum atomic E-state index is 13.6. The van der Waals surface area contributed by atoms with E-state index < -0.39 is 23.4 Å². The number of hydrogen-bond acceptors (Lipinski definition) is 6. The van der Waals surface area contributed by atoms with Crippen molar-refractivity contribution in [1.82, 2.24) is 20.2 Å². The second kappa shape index (κ2) is 8.26. The molecule has 0 atom stereocenters. The molecule has 0 spiro atoms. The lowest BCUT2D eigenvalue weighted by molar-refractivity contribution is -0.145. The quantitative estimate of drug-likeness (QED) is 0.468. The number of nitrogens with zero attached hydrogens (tertiary/aromatic N) is 4. The van der Waals surface area contributed by atoms with Crippen molar-refractivity contribution >= 4 is 11.8 Å². The number of carbonyl (C=O) groups excluding carboxylic acids is 2. The number of para-hydroxylation sites is 1. The Morgan fingerprint density at radius 2 is 1.81 bits per heavy atom. The standard InChI is InChI=1S/C18H14F2N4O3/c19-12-6-7-14(15(20)10-12)16(25)8-9-18(26)27-11-17-21-22-23-24(17)13-4-2-1-3-5-13/h1-7,10H,8-9,11H2. The van der Waals surface area contributed by atoms with Gasteiger partial charge in [-0.3, -0.25) is 9.59 Å². The summed E-state index contributed by atoms with van der Waals surface area (Å²) in [5.74, 6) is -2.70. The number of esters is 1. The molecule has 0 fully saturated rings. The molecule has 2 aromatic carbocycles. The van der Waals surface area contributed by atoms with Gasteiger partial charge in [0.15, 0.2) is 18.2 Å². The number of carbonyl (C=O) groups is 2. The number of ether oxygens (including phenoxy) is 1. The highest BCUT2D eigenvalue weighted by Crippen LogP contribution is 2.13. The van der Waals surface area contributed by atoms with Crippen LogP contribution in [0.5, 0.6) is 0 Å². The normalized spacial score (nSPS) is 10.6. The molecular weight excluding hydrogens is 358 g/mol. The molecule has 138 valence electrons. The number of aromatic nitrogens is 4. The predicted octanol–water partition coefficient (Wildman–Crippen LogP) is 2.65. The summed E-state index contributed by atoms with van der Waals surface area (Å²) < 4.78 is 32.9. The first-order valence-electron chi connectivity index (χ1n) is 8.01. The molecule has 0 bridgehead atoms. The summed E-state index contributed by atoms with van der Waals surface area (Å²) >= 11 is 0. The summed E-state index contributed by atoms with van der Waals surface area (Å²) in [5, 5.41) is 11.2. The Labute approximate surface area is 152 Å². The molecule has 3 rings (SSSR count). The molecular formula is C18H14F2N4O3. The van der Waals surface area contributed by atoms with Crippen molar-refractivity contribution < 1.29 is 23.1 Å². The van der Waals surface area contributed by atoms with Crippen LogP contribution in [0.25, 0.3) is 5.69 Å². The van der Waals surface area contributed by atoms with Gasteiger partial charge < -0.3 is 4.74 Å². The lowest BCUT2D eigenvalue weighted by atomic mass is 10.1. The topological polar surface area (TPSA) is 87.0 Å². The number of hydrogen-bond donors (Lipinski definition) is 0. The van der Waals surface area contributed by atoms with Gasteiger partial charge >= 0.3 is 5.97 Å². The minimum Gasteiger partial charge on any atom is -0.457 e. The van der Waals surface area contributed by atoms with Gasteiger partial charge in [-0.15, -0.1) is 5.10 Å². The van der Waals surface area contributed by atoms with Crippen LogP contribution in [-0.4, -0.2) is 32.0 Å². The van der Waals surface area contributed by atoms with Gasteiger partial charge in [-0.25, -0.2) is 8.78 Å². The number of halogens is 2. The largest absolute Gasteiger partial charge is 0.457 e. The minimum absolute atomic E-state index is 0.181. The fourth-order valence-corrected chi connectivity index (χ4v) is 2.35. The van der Waals surface area contributed by atoms with Gasteiger partial charge in [0.1, 0.15) is 11.6 Å². The van der Waals surface area contributed by atoms with E-state index in [1.807, 2.05) is 18.2 Å². The zero-order chi connectivity index (χ0) is 19.2. The van der Waals surface area contributed by atoms with Crippen LogP contribution in [0.15, 0.2) is 48.5 Å². The molecule has 1 heterocycles. The maximum absolute atomic E-state index is 13.6. The molecule has 1 aromatic heterocycles. The van der Waals surface area contributed by atoms with Gasteiger partial charge in [-0.1, -0.05) is 18.2 Å². The predicted molar refractivity (Wildman–Crippen MR) is 88.9 cm³/mol. The Kier molecular flexibility index (Phi) is 5.60. The number of ketones is 1. The van der Waals surface area contributed by atoms with Crippen molar-refractivity contribution in [3.8, 4) is 5.69 Å². The molecule has 0 unspecified atom stereocenters. The number of rotatable bonds is 7. The maximum Gasteiger partial charge on any atom is 0.306 e. The first-order chi connectivity index (χ1) is 13.0. The van der Waals surface area contributed by atoms with E-state index in [0.717, 1.165) is 12.1 Å². The number of Topliss-reactive ketones (excluding diaryl/α,β-unsaturated/α-hetero) is 1. The number of benzene rings is 2. The fraction of sp³-hybridized carbons (Fsp3) is 0.167. The van der Waals surface area contributed by atoms with Crippen LogP contribution in [0, 0.1) is 11.6 Å². The van der Waals surface area contributed by atoms with Crippen molar-refractivity contribution in [2.75, 3.05) is 0 Å². The van der Waals surface area contributed by atoms with E-state index in [0.29, 0.717) is 17.6 Å². The third-order valence-corrected chi connectivity index (χ3v) is 3.68. The SMILES string of the molecule is O=C(CCC(=O)c1ccc(F)cc1F)OCc1nnnn1-c1ccccc1. The Hall–Kier alpha value is -3.49. The summed E-state index contributed by atoms with van der Waals surface area (Å²) in [4.78, 5) is 23.8. The second-order valence-corrected chi connectivity index (χ2v) is 5.55. The van der Waals surface area contributed by atoms with Crippen molar-refractivity contribution in [3.05, 3.63) is 71.6 Å². The fourth-order valence-electron chi connectivity index (χ4n) is 2.35. The van der Waals surface area contributed by atoms with Gasteiger partial charge in [0.2, 0.25) is 0 Å². The Balaban J connectivity index is 1.54. The Morgan fingerprint density at radius 3 is 2.56 bits per heavy atom. The van der Waals surface area contributed by atoms with Gasteiger partial charge in [0.05, 0.1) is 17.7 Å². The zero-order valence-electron chi connectivity index (χ0n) is 14.0. The van der Waals surface area contributed by atoms with Crippen molar-refractivity contribution in [2.45, 2.75) is 19.4 Å². The summed E-state index contributed by atoms with van der Waals surface area (Å²) in [6.45, 7) is -0.181. The van der Waals surface area contributed by atoms with E-state index in [2.05, 4.69) is 15.5 Å². The highest BCUT2D eigenvalue weighted by Gasteiger charge is 2.16. The van der Waals surface area contributed by atoms with E-state index >= 15 is 0 Å². The van der Waals surface area contributed by atoms with E-state index in [1.165, 1.54) is 4.68 Å². The average molecular weight is 372 g/mol. The lowest BCUT2D eigenvalue weighted by Gasteiger charge is -2.06. The molecule has 9 heteroatoms. The summed E-state index contributed by atoms with van der Waals surface area (Å²) in [6, 6.07) is 11.7. The van der Waals surface area contributed by atoms with E-state index in [9.17, 15) is 18.4 Å². The van der Waals surface area contributed by atoms with Crippen molar-refractivity contribution in [2.24, 2.45) is 0 Å². The van der Waals surface area contributed by atoms with Gasteiger partial charge in [0.25, 0.3) is 0 Å².